The van der Waals surface area contributed by atoms with Crippen LogP contribution in [0, 0.1) is 11.8 Å². The molecule has 1 saturated heterocycles. The highest BCUT2D eigenvalue weighted by Crippen LogP contribution is 2.22. The van der Waals surface area contributed by atoms with Crippen LogP contribution in [0.15, 0.2) is 0 Å². The van der Waals surface area contributed by atoms with Crippen molar-refractivity contribution in [1.29, 1.82) is 0 Å². The Morgan fingerprint density at radius 2 is 2.00 bits per heavy atom. The van der Waals surface area contributed by atoms with E-state index in [0.29, 0.717) is 30.2 Å². The zero-order valence-electron chi connectivity index (χ0n) is 9.92. The first kappa shape index (κ1) is 11.5. The Balaban J connectivity index is 2.51. The molecule has 82 valence electrons. The van der Waals surface area contributed by atoms with Gasteiger partial charge in [-0.1, -0.05) is 20.8 Å². The number of carbonyl (C=O) groups is 1. The number of hydrogen-bond acceptors (Lipinski definition) is 1. The van der Waals surface area contributed by atoms with E-state index in [1.807, 2.05) is 0 Å². The van der Waals surface area contributed by atoms with Crippen molar-refractivity contribution >= 4 is 5.91 Å². The molecule has 0 spiro atoms. The maximum Gasteiger partial charge on any atom is 0.223 e. The van der Waals surface area contributed by atoms with Crippen molar-refractivity contribution in [2.45, 2.75) is 53.0 Å². The predicted octanol–water partition coefficient (Wildman–Crippen LogP) is 2.68. The minimum atomic E-state index is 0.346. The van der Waals surface area contributed by atoms with Gasteiger partial charge in [-0.25, -0.2) is 0 Å². The van der Waals surface area contributed by atoms with E-state index in [1.165, 1.54) is 12.8 Å². The molecule has 0 unspecified atom stereocenters. The van der Waals surface area contributed by atoms with Gasteiger partial charge in [0.15, 0.2) is 0 Å². The summed E-state index contributed by atoms with van der Waals surface area (Å²) in [4.78, 5) is 14.0. The van der Waals surface area contributed by atoms with Crippen molar-refractivity contribution in [3.8, 4) is 0 Å². The first-order valence-electron chi connectivity index (χ1n) is 5.80. The second-order valence-corrected chi connectivity index (χ2v) is 5.18. The number of carbonyl (C=O) groups excluding carboxylic acids is 1. The molecule has 0 aromatic heterocycles. The zero-order valence-corrected chi connectivity index (χ0v) is 9.92. The van der Waals surface area contributed by atoms with Gasteiger partial charge in [0.2, 0.25) is 5.91 Å². The van der Waals surface area contributed by atoms with Crippen LogP contribution in [-0.2, 0) is 4.79 Å². The molecule has 0 aromatic rings. The lowest BCUT2D eigenvalue weighted by molar-refractivity contribution is -0.136. The van der Waals surface area contributed by atoms with Gasteiger partial charge in [-0.2, -0.15) is 0 Å². The zero-order chi connectivity index (χ0) is 10.7. The van der Waals surface area contributed by atoms with Crippen LogP contribution in [-0.4, -0.2) is 23.4 Å². The van der Waals surface area contributed by atoms with Gasteiger partial charge >= 0.3 is 0 Å². The smallest absolute Gasteiger partial charge is 0.223 e. The van der Waals surface area contributed by atoms with Crippen LogP contribution in [0.3, 0.4) is 0 Å². The monoisotopic (exact) mass is 197 g/mol. The number of rotatable bonds is 2. The third-order valence-electron chi connectivity index (χ3n) is 3.02. The second-order valence-electron chi connectivity index (χ2n) is 5.18. The quantitative estimate of drug-likeness (QED) is 0.666. The molecule has 1 rings (SSSR count). The summed E-state index contributed by atoms with van der Waals surface area (Å²) in [7, 11) is 0. The Bertz CT molecular complexity index is 200. The van der Waals surface area contributed by atoms with E-state index in [1.54, 1.807) is 0 Å². The van der Waals surface area contributed by atoms with E-state index < -0.39 is 0 Å². The van der Waals surface area contributed by atoms with Crippen LogP contribution in [0.5, 0.6) is 0 Å². The van der Waals surface area contributed by atoms with Crippen LogP contribution in [0.2, 0.25) is 0 Å². The maximum absolute atomic E-state index is 11.9. The summed E-state index contributed by atoms with van der Waals surface area (Å²) in [5.74, 6) is 1.51. The van der Waals surface area contributed by atoms with Gasteiger partial charge in [-0.3, -0.25) is 4.79 Å². The molecule has 1 aliphatic heterocycles. The van der Waals surface area contributed by atoms with Gasteiger partial charge in [0.1, 0.15) is 0 Å². The molecule has 0 aromatic carbocycles. The molecule has 0 bridgehead atoms. The van der Waals surface area contributed by atoms with E-state index in [0.717, 1.165) is 6.54 Å². The molecule has 0 radical (unpaired) electrons. The summed E-state index contributed by atoms with van der Waals surface area (Å²) in [5.41, 5.74) is 0. The predicted molar refractivity (Wildman–Crippen MR) is 59.0 cm³/mol. The molecule has 1 fully saturated rings. The lowest BCUT2D eigenvalue weighted by Crippen LogP contribution is -2.45. The highest BCUT2D eigenvalue weighted by molar-refractivity contribution is 5.76. The Morgan fingerprint density at radius 1 is 1.36 bits per heavy atom. The lowest BCUT2D eigenvalue weighted by atomic mass is 9.94. The van der Waals surface area contributed by atoms with Gasteiger partial charge < -0.3 is 4.90 Å². The number of likely N-dealkylation sites (tertiary alicyclic amines) is 1. The number of nitrogens with zero attached hydrogens (tertiary/aromatic N) is 1. The average Bonchev–Trinajstić information content (AvgIpc) is 2.08. The first-order valence-corrected chi connectivity index (χ1v) is 5.80. The molecule has 1 aliphatic rings. The van der Waals surface area contributed by atoms with Crippen molar-refractivity contribution in [2.75, 3.05) is 6.54 Å². The SMILES string of the molecule is CC(C)CC(=O)N1C[C@H](C)CC[C@@H]1C. The fourth-order valence-corrected chi connectivity index (χ4v) is 2.10. The average molecular weight is 197 g/mol. The van der Waals surface area contributed by atoms with Gasteiger partial charge in [-0.15, -0.1) is 0 Å². The lowest BCUT2D eigenvalue weighted by Gasteiger charge is -2.37. The third-order valence-corrected chi connectivity index (χ3v) is 3.02. The molecule has 14 heavy (non-hydrogen) atoms. The highest BCUT2D eigenvalue weighted by Gasteiger charge is 2.26. The Labute approximate surface area is 87.7 Å². The van der Waals surface area contributed by atoms with Crippen LogP contribution >= 0.6 is 0 Å². The molecule has 0 saturated carbocycles. The van der Waals surface area contributed by atoms with Crippen molar-refractivity contribution in [3.63, 3.8) is 0 Å². The third kappa shape index (κ3) is 3.00. The van der Waals surface area contributed by atoms with E-state index in [9.17, 15) is 4.79 Å². The van der Waals surface area contributed by atoms with Crippen LogP contribution in [0.25, 0.3) is 0 Å². The van der Waals surface area contributed by atoms with E-state index in [-0.39, 0.29) is 0 Å². The van der Waals surface area contributed by atoms with Crippen molar-refractivity contribution in [2.24, 2.45) is 11.8 Å². The topological polar surface area (TPSA) is 20.3 Å². The Hall–Kier alpha value is -0.530. The summed E-state index contributed by atoms with van der Waals surface area (Å²) in [5, 5.41) is 0. The molecule has 1 heterocycles. The van der Waals surface area contributed by atoms with E-state index in [2.05, 4.69) is 32.6 Å². The molecule has 2 nitrogen and oxygen atoms in total. The van der Waals surface area contributed by atoms with E-state index in [4.69, 9.17) is 0 Å². The molecule has 0 aliphatic carbocycles. The van der Waals surface area contributed by atoms with Crippen LogP contribution in [0.1, 0.15) is 47.0 Å². The van der Waals surface area contributed by atoms with Gasteiger partial charge in [0, 0.05) is 19.0 Å². The fraction of sp³-hybridized carbons (Fsp3) is 0.917. The molecule has 0 N–H and O–H groups in total. The molecular weight excluding hydrogens is 174 g/mol. The molecule has 2 heteroatoms. The van der Waals surface area contributed by atoms with Crippen molar-refractivity contribution in [1.82, 2.24) is 4.90 Å². The Kier molecular flexibility index (Phi) is 3.97. The van der Waals surface area contributed by atoms with Crippen LogP contribution in [0.4, 0.5) is 0 Å². The maximum atomic E-state index is 11.9. The van der Waals surface area contributed by atoms with Crippen molar-refractivity contribution in [3.05, 3.63) is 0 Å². The summed E-state index contributed by atoms with van der Waals surface area (Å²) >= 11 is 0. The van der Waals surface area contributed by atoms with E-state index >= 15 is 0 Å². The van der Waals surface area contributed by atoms with Crippen LogP contribution < -0.4 is 0 Å². The largest absolute Gasteiger partial charge is 0.340 e. The molecule has 2 atom stereocenters. The minimum absolute atomic E-state index is 0.346. The minimum Gasteiger partial charge on any atom is -0.340 e. The number of piperidine rings is 1. The summed E-state index contributed by atoms with van der Waals surface area (Å²) in [6, 6.07) is 0.456. The highest BCUT2D eigenvalue weighted by atomic mass is 16.2. The summed E-state index contributed by atoms with van der Waals surface area (Å²) in [6.45, 7) is 9.59. The second kappa shape index (κ2) is 4.81. The van der Waals surface area contributed by atoms with Gasteiger partial charge in [0.25, 0.3) is 0 Å². The summed E-state index contributed by atoms with van der Waals surface area (Å²) < 4.78 is 0. The number of hydrogen-bond donors (Lipinski definition) is 0. The molecule has 1 amide bonds. The summed E-state index contributed by atoms with van der Waals surface area (Å²) in [6.07, 6.45) is 3.15. The van der Waals surface area contributed by atoms with Gasteiger partial charge in [0.05, 0.1) is 0 Å². The van der Waals surface area contributed by atoms with Crippen molar-refractivity contribution < 1.29 is 4.79 Å². The first-order chi connectivity index (χ1) is 6.50. The number of amides is 1. The standard InChI is InChI=1S/C12H23NO/c1-9(2)7-12(14)13-8-10(3)5-6-11(13)4/h9-11H,5-8H2,1-4H3/t10-,11+/m1/s1. The Morgan fingerprint density at radius 3 is 2.57 bits per heavy atom. The fourth-order valence-electron chi connectivity index (χ4n) is 2.10. The van der Waals surface area contributed by atoms with Gasteiger partial charge in [-0.05, 0) is 31.6 Å². The molecular formula is C12H23NO. The normalized spacial score (nSPS) is 28.2.